The molecule has 0 aromatic heterocycles. The van der Waals surface area contributed by atoms with Crippen molar-refractivity contribution < 1.29 is 46.7 Å². The zero-order valence-corrected chi connectivity index (χ0v) is 16.3. The molecule has 0 fully saturated rings. The minimum atomic E-state index is -4.09. The first-order valence-corrected chi connectivity index (χ1v) is 9.53. The molecule has 0 rings (SSSR count). The molecule has 0 aromatic carbocycles. The molecule has 2 atom stereocenters. The molecule has 0 spiro atoms. The van der Waals surface area contributed by atoms with E-state index in [-0.39, 0.29) is 39.5 Å². The highest BCUT2D eigenvalue weighted by atomic mass is 31.2. The quantitative estimate of drug-likeness (QED) is 0.131. The predicted octanol–water partition coefficient (Wildman–Crippen LogP) is 1.94. The summed E-state index contributed by atoms with van der Waals surface area (Å²) in [5.41, 5.74) is 0. The third-order valence-corrected chi connectivity index (χ3v) is 4.04. The Morgan fingerprint density at radius 3 is 2.00 bits per heavy atom. The van der Waals surface area contributed by atoms with Crippen LogP contribution in [0.3, 0.4) is 0 Å². The fourth-order valence-electron chi connectivity index (χ4n) is 1.35. The number of carbonyl (C=O) groups is 3. The monoisotopic (exact) mass is 408 g/mol. The minimum Gasteiger partial charge on any atom is -0.463 e. The Balaban J connectivity index is 4.56. The van der Waals surface area contributed by atoms with Crippen LogP contribution < -0.4 is 0 Å². The van der Waals surface area contributed by atoms with Crippen LogP contribution in [0, 0.1) is 0 Å². The molecule has 0 aromatic rings. The first kappa shape index (κ1) is 25.0. The van der Waals surface area contributed by atoms with Crippen LogP contribution in [0.1, 0.15) is 20.3 Å². The molecule has 0 heterocycles. The number of hydrogen-bond acceptors (Lipinski definition) is 10. The predicted molar refractivity (Wildman–Crippen MR) is 93.6 cm³/mol. The molecule has 0 saturated carbocycles. The summed E-state index contributed by atoms with van der Waals surface area (Å²) in [6.07, 6.45) is 1.36. The Morgan fingerprint density at radius 2 is 1.48 bits per heavy atom. The summed E-state index contributed by atoms with van der Waals surface area (Å²) >= 11 is 0. The van der Waals surface area contributed by atoms with Gasteiger partial charge in [-0.25, -0.2) is 14.2 Å². The van der Waals surface area contributed by atoms with Gasteiger partial charge in [-0.1, -0.05) is 20.1 Å². The number of esters is 3. The Bertz CT molecular complexity index is 559. The van der Waals surface area contributed by atoms with Crippen LogP contribution in [0.4, 0.5) is 0 Å². The van der Waals surface area contributed by atoms with Crippen molar-refractivity contribution >= 4 is 25.7 Å². The summed E-state index contributed by atoms with van der Waals surface area (Å²) in [6, 6.07) is 0. The molecule has 11 heteroatoms. The molecule has 0 N–H and O–H groups in total. The van der Waals surface area contributed by atoms with Crippen molar-refractivity contribution in [3.63, 3.8) is 0 Å². The maximum Gasteiger partial charge on any atom is 0.475 e. The third-order valence-electron chi connectivity index (χ3n) is 2.58. The fourth-order valence-corrected chi connectivity index (χ4v) is 2.56. The fraction of sp³-hybridized carbons (Fsp3) is 0.562. The molecule has 0 aliphatic heterocycles. The van der Waals surface area contributed by atoms with Crippen LogP contribution in [-0.4, -0.2) is 57.0 Å². The molecule has 0 aliphatic rings. The molecular formula is C16H25O10P. The van der Waals surface area contributed by atoms with Gasteiger partial charge < -0.3 is 14.2 Å². The highest BCUT2D eigenvalue weighted by Gasteiger charge is 2.28. The first-order chi connectivity index (χ1) is 12.8. The lowest BCUT2D eigenvalue weighted by atomic mass is 10.4. The summed E-state index contributed by atoms with van der Waals surface area (Å²) in [7, 11) is -4.09. The summed E-state index contributed by atoms with van der Waals surface area (Å²) in [6.45, 7) is 8.40. The highest BCUT2D eigenvalue weighted by molar-refractivity contribution is 7.48. The molecule has 10 nitrogen and oxygen atoms in total. The number of carbonyl (C=O) groups excluding carboxylic acids is 3. The topological polar surface area (TPSA) is 124 Å². The molecule has 0 aliphatic carbocycles. The van der Waals surface area contributed by atoms with E-state index in [2.05, 4.69) is 17.9 Å². The second kappa shape index (κ2) is 14.1. The van der Waals surface area contributed by atoms with Gasteiger partial charge in [-0.2, -0.15) is 0 Å². The zero-order valence-electron chi connectivity index (χ0n) is 15.4. The zero-order chi connectivity index (χ0) is 20.7. The lowest BCUT2D eigenvalue weighted by Gasteiger charge is -2.20. The van der Waals surface area contributed by atoms with Crippen molar-refractivity contribution in [2.75, 3.05) is 33.0 Å². The summed E-state index contributed by atoms with van der Waals surface area (Å²) < 4.78 is 42.1. The van der Waals surface area contributed by atoms with Gasteiger partial charge in [0.1, 0.15) is 19.3 Å². The van der Waals surface area contributed by atoms with Crippen LogP contribution in [0.2, 0.25) is 0 Å². The van der Waals surface area contributed by atoms with Gasteiger partial charge in [-0.15, -0.1) is 0 Å². The SMILES string of the molecule is C=CC(=O)OCCOP(=O)(OCCOC(=O)CC)OCC(C)OC(=O)C=C. The van der Waals surface area contributed by atoms with Gasteiger partial charge in [-0.3, -0.25) is 18.4 Å². The van der Waals surface area contributed by atoms with E-state index in [0.717, 1.165) is 12.2 Å². The van der Waals surface area contributed by atoms with Crippen LogP contribution in [0.25, 0.3) is 0 Å². The average molecular weight is 408 g/mol. The number of ether oxygens (including phenoxy) is 3. The van der Waals surface area contributed by atoms with Crippen molar-refractivity contribution in [3.8, 4) is 0 Å². The van der Waals surface area contributed by atoms with Crippen molar-refractivity contribution in [1.82, 2.24) is 0 Å². The van der Waals surface area contributed by atoms with Crippen LogP contribution in [0.5, 0.6) is 0 Å². The Kier molecular flexibility index (Phi) is 13.1. The molecule has 0 saturated heterocycles. The molecule has 154 valence electrons. The maximum atomic E-state index is 12.6. The lowest BCUT2D eigenvalue weighted by molar-refractivity contribution is -0.144. The van der Waals surface area contributed by atoms with Crippen LogP contribution in [0.15, 0.2) is 25.3 Å². The van der Waals surface area contributed by atoms with Gasteiger partial charge in [-0.05, 0) is 6.92 Å². The van der Waals surface area contributed by atoms with E-state index in [9.17, 15) is 18.9 Å². The van der Waals surface area contributed by atoms with E-state index in [4.69, 9.17) is 23.0 Å². The largest absolute Gasteiger partial charge is 0.475 e. The minimum absolute atomic E-state index is 0.157. The normalized spacial score (nSPS) is 13.7. The van der Waals surface area contributed by atoms with E-state index in [1.165, 1.54) is 6.92 Å². The smallest absolute Gasteiger partial charge is 0.463 e. The van der Waals surface area contributed by atoms with Crippen LogP contribution >= 0.6 is 7.82 Å². The van der Waals surface area contributed by atoms with Crippen molar-refractivity contribution in [3.05, 3.63) is 25.3 Å². The number of hydrogen-bond donors (Lipinski definition) is 0. The average Bonchev–Trinajstić information content (AvgIpc) is 2.66. The van der Waals surface area contributed by atoms with Gasteiger partial charge in [0.05, 0.1) is 19.8 Å². The standard InChI is InChI=1S/C16H25O10P/c1-5-14(17)21-8-10-23-27(20,24-11-9-22-15(18)6-2)25-12-13(4)26-16(19)7-3/h5,7,13H,1,3,6,8-12H2,2,4H3. The van der Waals surface area contributed by atoms with Gasteiger partial charge in [0.2, 0.25) is 0 Å². The molecule has 0 bridgehead atoms. The van der Waals surface area contributed by atoms with Gasteiger partial charge in [0.25, 0.3) is 0 Å². The molecule has 0 amide bonds. The number of phosphoric ester groups is 1. The van der Waals surface area contributed by atoms with E-state index in [1.807, 2.05) is 0 Å². The maximum absolute atomic E-state index is 12.6. The highest BCUT2D eigenvalue weighted by Crippen LogP contribution is 2.49. The van der Waals surface area contributed by atoms with E-state index in [0.29, 0.717) is 0 Å². The summed E-state index contributed by atoms with van der Waals surface area (Å²) in [4.78, 5) is 33.1. The van der Waals surface area contributed by atoms with Crippen molar-refractivity contribution in [2.24, 2.45) is 0 Å². The van der Waals surface area contributed by atoms with Crippen LogP contribution in [-0.2, 0) is 46.7 Å². The number of phosphoric acid groups is 1. The molecule has 27 heavy (non-hydrogen) atoms. The third kappa shape index (κ3) is 12.9. The molecule has 2 unspecified atom stereocenters. The lowest BCUT2D eigenvalue weighted by Crippen LogP contribution is -2.20. The van der Waals surface area contributed by atoms with E-state index in [1.54, 1.807) is 6.92 Å². The van der Waals surface area contributed by atoms with Crippen molar-refractivity contribution in [1.29, 1.82) is 0 Å². The Morgan fingerprint density at radius 1 is 0.926 bits per heavy atom. The van der Waals surface area contributed by atoms with E-state index >= 15 is 0 Å². The Hall–Kier alpha value is -2.00. The van der Waals surface area contributed by atoms with E-state index < -0.39 is 31.8 Å². The van der Waals surface area contributed by atoms with Gasteiger partial charge in [0.15, 0.2) is 0 Å². The number of rotatable bonds is 15. The second-order valence-electron chi connectivity index (χ2n) is 4.81. The summed E-state index contributed by atoms with van der Waals surface area (Å²) in [5.74, 6) is -1.80. The van der Waals surface area contributed by atoms with Crippen molar-refractivity contribution in [2.45, 2.75) is 26.4 Å². The molecule has 0 radical (unpaired) electrons. The summed E-state index contributed by atoms with van der Waals surface area (Å²) in [5, 5.41) is 0. The Labute approximate surface area is 158 Å². The van der Waals surface area contributed by atoms with Gasteiger partial charge in [0, 0.05) is 18.6 Å². The first-order valence-electron chi connectivity index (χ1n) is 8.07. The molecular weight excluding hydrogens is 383 g/mol. The van der Waals surface area contributed by atoms with Gasteiger partial charge >= 0.3 is 25.7 Å². The second-order valence-corrected chi connectivity index (χ2v) is 6.48.